The largest absolute Gasteiger partial charge is 0.353 e. The van der Waals surface area contributed by atoms with Crippen LogP contribution in [0.4, 0.5) is 0 Å². The van der Waals surface area contributed by atoms with Gasteiger partial charge in [0.2, 0.25) is 0 Å². The van der Waals surface area contributed by atoms with Crippen molar-refractivity contribution in [1.82, 2.24) is 0 Å². The molecule has 2 heteroatoms. The third kappa shape index (κ3) is 1.27. The molecule has 0 aromatic carbocycles. The van der Waals surface area contributed by atoms with Crippen LogP contribution in [0.2, 0.25) is 0 Å². The van der Waals surface area contributed by atoms with Crippen molar-refractivity contribution in [2.24, 2.45) is 5.92 Å². The second-order valence-electron chi connectivity index (χ2n) is 3.95. The number of methoxy groups -OCH3 is 1. The maximum atomic E-state index is 5.80. The molecule has 0 spiro atoms. The number of hydrogen-bond donors (Lipinski definition) is 0. The van der Waals surface area contributed by atoms with E-state index < -0.39 is 0 Å². The van der Waals surface area contributed by atoms with Gasteiger partial charge < -0.3 is 9.47 Å². The van der Waals surface area contributed by atoms with Crippen molar-refractivity contribution in [3.8, 4) is 0 Å². The van der Waals surface area contributed by atoms with Gasteiger partial charge in [0.05, 0.1) is 6.61 Å². The molecular weight excluding hydrogens is 152 g/mol. The van der Waals surface area contributed by atoms with Gasteiger partial charge in [-0.1, -0.05) is 6.42 Å². The first-order valence-electron chi connectivity index (χ1n) is 5.06. The van der Waals surface area contributed by atoms with Crippen molar-refractivity contribution in [2.75, 3.05) is 13.7 Å². The fourth-order valence-electron chi connectivity index (χ4n) is 2.64. The SMILES string of the molecule is COC12CCCCC1CCCO2. The Morgan fingerprint density at radius 1 is 1.25 bits per heavy atom. The van der Waals surface area contributed by atoms with E-state index in [0.29, 0.717) is 5.92 Å². The summed E-state index contributed by atoms with van der Waals surface area (Å²) in [7, 11) is 1.80. The third-order valence-corrected chi connectivity index (χ3v) is 3.34. The molecule has 2 fully saturated rings. The van der Waals surface area contributed by atoms with E-state index in [1.54, 1.807) is 7.11 Å². The van der Waals surface area contributed by atoms with Crippen LogP contribution in [0.1, 0.15) is 38.5 Å². The summed E-state index contributed by atoms with van der Waals surface area (Å²) in [5.41, 5.74) is 0. The zero-order valence-electron chi connectivity index (χ0n) is 7.84. The molecule has 1 saturated heterocycles. The van der Waals surface area contributed by atoms with Crippen LogP contribution in [0.25, 0.3) is 0 Å². The van der Waals surface area contributed by atoms with Crippen molar-refractivity contribution < 1.29 is 9.47 Å². The van der Waals surface area contributed by atoms with Gasteiger partial charge in [-0.05, 0) is 25.7 Å². The highest BCUT2D eigenvalue weighted by Crippen LogP contribution is 2.42. The molecule has 2 nitrogen and oxygen atoms in total. The number of hydrogen-bond acceptors (Lipinski definition) is 2. The Morgan fingerprint density at radius 2 is 2.08 bits per heavy atom. The van der Waals surface area contributed by atoms with Crippen molar-refractivity contribution in [2.45, 2.75) is 44.3 Å². The standard InChI is InChI=1S/C10H18O2/c1-11-10-7-3-2-5-9(10)6-4-8-12-10/h9H,2-8H2,1H3. The highest BCUT2D eigenvalue weighted by atomic mass is 16.7. The Bertz CT molecular complexity index is 144. The van der Waals surface area contributed by atoms with Crippen molar-refractivity contribution in [3.05, 3.63) is 0 Å². The van der Waals surface area contributed by atoms with Gasteiger partial charge >= 0.3 is 0 Å². The second kappa shape index (κ2) is 3.35. The Balaban J connectivity index is 2.10. The summed E-state index contributed by atoms with van der Waals surface area (Å²) in [5.74, 6) is 0.487. The Kier molecular flexibility index (Phi) is 2.37. The molecule has 1 saturated carbocycles. The van der Waals surface area contributed by atoms with Gasteiger partial charge in [0.25, 0.3) is 0 Å². The molecule has 2 aliphatic rings. The summed E-state index contributed by atoms with van der Waals surface area (Å²) in [6.45, 7) is 0.893. The lowest BCUT2D eigenvalue weighted by Crippen LogP contribution is -2.48. The van der Waals surface area contributed by atoms with Gasteiger partial charge in [-0.15, -0.1) is 0 Å². The number of rotatable bonds is 1. The normalized spacial score (nSPS) is 42.2. The van der Waals surface area contributed by atoms with Crippen molar-refractivity contribution >= 4 is 0 Å². The zero-order valence-corrected chi connectivity index (χ0v) is 7.84. The average molecular weight is 170 g/mol. The van der Waals surface area contributed by atoms with Crippen LogP contribution in [0, 0.1) is 5.92 Å². The van der Waals surface area contributed by atoms with Gasteiger partial charge in [0, 0.05) is 19.4 Å². The molecule has 12 heavy (non-hydrogen) atoms. The minimum absolute atomic E-state index is 0.184. The van der Waals surface area contributed by atoms with E-state index >= 15 is 0 Å². The smallest absolute Gasteiger partial charge is 0.170 e. The molecule has 0 N–H and O–H groups in total. The topological polar surface area (TPSA) is 18.5 Å². The van der Waals surface area contributed by atoms with Gasteiger partial charge in [-0.25, -0.2) is 0 Å². The van der Waals surface area contributed by atoms with Crippen molar-refractivity contribution in [1.29, 1.82) is 0 Å². The van der Waals surface area contributed by atoms with E-state index in [4.69, 9.17) is 9.47 Å². The van der Waals surface area contributed by atoms with Crippen LogP contribution in [-0.4, -0.2) is 19.5 Å². The van der Waals surface area contributed by atoms with Crippen LogP contribution in [-0.2, 0) is 9.47 Å². The molecule has 2 unspecified atom stereocenters. The molecule has 1 aliphatic carbocycles. The maximum absolute atomic E-state index is 5.80. The molecule has 0 aromatic heterocycles. The van der Waals surface area contributed by atoms with E-state index in [0.717, 1.165) is 13.0 Å². The van der Waals surface area contributed by atoms with Crippen LogP contribution in [0.3, 0.4) is 0 Å². The number of ether oxygens (including phenoxy) is 2. The summed E-state index contributed by atoms with van der Waals surface area (Å²) in [6.07, 6.45) is 7.55. The molecule has 70 valence electrons. The second-order valence-corrected chi connectivity index (χ2v) is 3.95. The minimum Gasteiger partial charge on any atom is -0.353 e. The van der Waals surface area contributed by atoms with E-state index in [2.05, 4.69) is 0 Å². The molecule has 2 rings (SSSR count). The monoisotopic (exact) mass is 170 g/mol. The summed E-state index contributed by atoms with van der Waals surface area (Å²) in [4.78, 5) is 0. The van der Waals surface area contributed by atoms with E-state index in [-0.39, 0.29) is 5.79 Å². The highest BCUT2D eigenvalue weighted by molar-refractivity contribution is 4.86. The predicted molar refractivity (Wildman–Crippen MR) is 46.9 cm³/mol. The van der Waals surface area contributed by atoms with E-state index in [1.165, 1.54) is 32.1 Å². The maximum Gasteiger partial charge on any atom is 0.170 e. The molecule has 0 bridgehead atoms. The first kappa shape index (κ1) is 8.52. The Morgan fingerprint density at radius 3 is 2.83 bits per heavy atom. The fourth-order valence-corrected chi connectivity index (χ4v) is 2.64. The average Bonchev–Trinajstić information content (AvgIpc) is 2.18. The Hall–Kier alpha value is -0.0800. The molecule has 2 atom stereocenters. The van der Waals surface area contributed by atoms with Crippen LogP contribution >= 0.6 is 0 Å². The predicted octanol–water partition coefficient (Wildman–Crippen LogP) is 2.33. The first-order valence-corrected chi connectivity index (χ1v) is 5.06. The molecule has 0 radical (unpaired) electrons. The van der Waals surface area contributed by atoms with Gasteiger partial charge in [0.15, 0.2) is 5.79 Å². The molecule has 0 amide bonds. The molecular formula is C10H18O2. The molecule has 1 aliphatic heterocycles. The highest BCUT2D eigenvalue weighted by Gasteiger charge is 2.43. The van der Waals surface area contributed by atoms with Crippen LogP contribution in [0.15, 0.2) is 0 Å². The van der Waals surface area contributed by atoms with Crippen LogP contribution in [0.5, 0.6) is 0 Å². The van der Waals surface area contributed by atoms with Crippen LogP contribution < -0.4 is 0 Å². The lowest BCUT2D eigenvalue weighted by Gasteiger charge is -2.45. The summed E-state index contributed by atoms with van der Waals surface area (Å²) in [5, 5.41) is 0. The van der Waals surface area contributed by atoms with Crippen molar-refractivity contribution in [3.63, 3.8) is 0 Å². The molecule has 1 heterocycles. The van der Waals surface area contributed by atoms with E-state index in [9.17, 15) is 0 Å². The lowest BCUT2D eigenvalue weighted by molar-refractivity contribution is -0.285. The van der Waals surface area contributed by atoms with Gasteiger partial charge in [-0.3, -0.25) is 0 Å². The Labute approximate surface area is 74.2 Å². The third-order valence-electron chi connectivity index (χ3n) is 3.34. The van der Waals surface area contributed by atoms with E-state index in [1.807, 2.05) is 0 Å². The lowest BCUT2D eigenvalue weighted by atomic mass is 9.79. The molecule has 0 aromatic rings. The minimum atomic E-state index is -0.184. The quantitative estimate of drug-likeness (QED) is 0.601. The summed E-state index contributed by atoms with van der Waals surface area (Å²) < 4.78 is 11.4. The summed E-state index contributed by atoms with van der Waals surface area (Å²) >= 11 is 0. The summed E-state index contributed by atoms with van der Waals surface area (Å²) in [6, 6.07) is 0. The first-order chi connectivity index (χ1) is 5.87. The van der Waals surface area contributed by atoms with Gasteiger partial charge in [0.1, 0.15) is 0 Å². The zero-order chi connectivity index (χ0) is 8.44. The van der Waals surface area contributed by atoms with Gasteiger partial charge in [-0.2, -0.15) is 0 Å². The number of fused-ring (bicyclic) bond motifs is 1. The fraction of sp³-hybridized carbons (Fsp3) is 1.00.